The molecule has 0 unspecified atom stereocenters. The van der Waals surface area contributed by atoms with Crippen LogP contribution >= 0.6 is 0 Å². The van der Waals surface area contributed by atoms with Gasteiger partial charge >= 0.3 is 0 Å². The molecule has 1 aromatic carbocycles. The Labute approximate surface area is 108 Å². The summed E-state index contributed by atoms with van der Waals surface area (Å²) in [6.45, 7) is 2.24. The smallest absolute Gasteiger partial charge is 0.232 e. The number of hydrogen-bond acceptors (Lipinski definition) is 4. The zero-order valence-corrected chi connectivity index (χ0v) is 11.4. The van der Waals surface area contributed by atoms with Crippen LogP contribution in [-0.4, -0.2) is 33.5 Å². The summed E-state index contributed by atoms with van der Waals surface area (Å²) in [4.78, 5) is 11.1. The number of rotatable bonds is 6. The Kier molecular flexibility index (Phi) is 4.86. The maximum Gasteiger partial charge on any atom is 0.232 e. The molecule has 5 nitrogen and oxygen atoms in total. The fraction of sp³-hybridized carbons (Fsp3) is 0.417. The number of sulfonamides is 1. The first-order valence-corrected chi connectivity index (χ1v) is 7.50. The van der Waals surface area contributed by atoms with Gasteiger partial charge in [-0.1, -0.05) is 0 Å². The van der Waals surface area contributed by atoms with E-state index in [0.29, 0.717) is 30.8 Å². The van der Waals surface area contributed by atoms with Crippen LogP contribution in [0, 0.1) is 0 Å². The second-order valence-corrected chi connectivity index (χ2v) is 5.99. The number of carbonyl (C=O) groups is 1. The number of nitrogens with two attached hydrogens (primary N) is 1. The van der Waals surface area contributed by atoms with E-state index in [-0.39, 0.29) is 5.78 Å². The minimum atomic E-state index is -3.33. The summed E-state index contributed by atoms with van der Waals surface area (Å²) < 4.78 is 24.6. The van der Waals surface area contributed by atoms with E-state index in [1.165, 1.54) is 11.2 Å². The third-order valence-electron chi connectivity index (χ3n) is 2.53. The Hall–Kier alpha value is -1.40. The topological polar surface area (TPSA) is 80.5 Å². The molecule has 1 rings (SSSR count). The van der Waals surface area contributed by atoms with Gasteiger partial charge in [-0.2, -0.15) is 0 Å². The first-order chi connectivity index (χ1) is 8.36. The van der Waals surface area contributed by atoms with Crippen LogP contribution in [0.1, 0.15) is 23.7 Å². The number of hydrogen-bond donors (Lipinski definition) is 1. The van der Waals surface area contributed by atoms with Crippen LogP contribution in [0.25, 0.3) is 0 Å². The third-order valence-corrected chi connectivity index (χ3v) is 3.72. The zero-order valence-electron chi connectivity index (χ0n) is 10.6. The van der Waals surface area contributed by atoms with Crippen molar-refractivity contribution in [1.82, 2.24) is 0 Å². The van der Waals surface area contributed by atoms with Crippen molar-refractivity contribution in [3.63, 3.8) is 0 Å². The van der Waals surface area contributed by atoms with E-state index in [0.717, 1.165) is 6.26 Å². The molecule has 6 heteroatoms. The summed E-state index contributed by atoms with van der Waals surface area (Å²) in [6.07, 6.45) is 1.74. The van der Waals surface area contributed by atoms with E-state index in [9.17, 15) is 13.2 Å². The molecule has 100 valence electrons. The Morgan fingerprint density at radius 1 is 1.28 bits per heavy atom. The van der Waals surface area contributed by atoms with Crippen molar-refractivity contribution in [2.75, 3.05) is 23.7 Å². The van der Waals surface area contributed by atoms with E-state index < -0.39 is 10.0 Å². The Bertz CT molecular complexity index is 509. The van der Waals surface area contributed by atoms with Crippen LogP contribution in [0.4, 0.5) is 5.69 Å². The second-order valence-electron chi connectivity index (χ2n) is 4.08. The number of nitrogens with zero attached hydrogens (tertiary/aromatic N) is 1. The standard InChI is InChI=1S/C12H18N2O3S/c1-10(15)11-4-6-12(7-5-11)14(9-3-8-13)18(2,16)17/h4-7H,3,8-9,13H2,1-2H3. The first-order valence-electron chi connectivity index (χ1n) is 5.65. The summed E-state index contributed by atoms with van der Waals surface area (Å²) in [5.41, 5.74) is 6.51. The van der Waals surface area contributed by atoms with Crippen molar-refractivity contribution in [2.45, 2.75) is 13.3 Å². The molecule has 0 amide bonds. The van der Waals surface area contributed by atoms with Gasteiger partial charge in [0.05, 0.1) is 11.9 Å². The highest BCUT2D eigenvalue weighted by Crippen LogP contribution is 2.18. The third kappa shape index (κ3) is 3.82. The highest BCUT2D eigenvalue weighted by atomic mass is 32.2. The summed E-state index contributed by atoms with van der Waals surface area (Å²) in [7, 11) is -3.33. The van der Waals surface area contributed by atoms with Crippen molar-refractivity contribution in [2.24, 2.45) is 5.73 Å². The van der Waals surface area contributed by atoms with Gasteiger partial charge in [-0.15, -0.1) is 0 Å². The Morgan fingerprint density at radius 3 is 2.22 bits per heavy atom. The predicted molar refractivity (Wildman–Crippen MR) is 72.3 cm³/mol. The van der Waals surface area contributed by atoms with Crippen LogP contribution in [0.15, 0.2) is 24.3 Å². The summed E-state index contributed by atoms with van der Waals surface area (Å²) in [6, 6.07) is 6.51. The van der Waals surface area contributed by atoms with Gasteiger partial charge in [-0.3, -0.25) is 9.10 Å². The maximum atomic E-state index is 11.7. The quantitative estimate of drug-likeness (QED) is 0.782. The normalized spacial score (nSPS) is 11.3. The molecule has 18 heavy (non-hydrogen) atoms. The minimum absolute atomic E-state index is 0.0468. The van der Waals surface area contributed by atoms with Gasteiger partial charge < -0.3 is 5.73 Å². The highest BCUT2D eigenvalue weighted by molar-refractivity contribution is 7.92. The van der Waals surface area contributed by atoms with Gasteiger partial charge in [-0.05, 0) is 44.2 Å². The molecular weight excluding hydrogens is 252 g/mol. The lowest BCUT2D eigenvalue weighted by molar-refractivity contribution is 0.101. The average Bonchev–Trinajstić information content (AvgIpc) is 2.28. The number of benzene rings is 1. The molecule has 0 radical (unpaired) electrons. The largest absolute Gasteiger partial charge is 0.330 e. The van der Waals surface area contributed by atoms with Crippen LogP contribution < -0.4 is 10.0 Å². The molecule has 0 saturated heterocycles. The van der Waals surface area contributed by atoms with Gasteiger partial charge in [0.1, 0.15) is 0 Å². The molecule has 0 heterocycles. The van der Waals surface area contributed by atoms with Gasteiger partial charge in [-0.25, -0.2) is 8.42 Å². The molecule has 0 bridgehead atoms. The molecular formula is C12H18N2O3S. The lowest BCUT2D eigenvalue weighted by Crippen LogP contribution is -2.31. The molecule has 2 N–H and O–H groups in total. The first kappa shape index (κ1) is 14.7. The number of anilines is 1. The monoisotopic (exact) mass is 270 g/mol. The van der Waals surface area contributed by atoms with Crippen LogP contribution in [0.5, 0.6) is 0 Å². The van der Waals surface area contributed by atoms with Crippen LogP contribution in [0.2, 0.25) is 0 Å². The molecule has 0 spiro atoms. The summed E-state index contributed by atoms with van der Waals surface area (Å²) in [5.74, 6) is -0.0468. The fourth-order valence-corrected chi connectivity index (χ4v) is 2.55. The van der Waals surface area contributed by atoms with Crippen LogP contribution in [0.3, 0.4) is 0 Å². The summed E-state index contributed by atoms with van der Waals surface area (Å²) in [5, 5.41) is 0. The van der Waals surface area contributed by atoms with Crippen molar-refractivity contribution >= 4 is 21.5 Å². The molecule has 0 atom stereocenters. The van der Waals surface area contributed by atoms with E-state index in [4.69, 9.17) is 5.73 Å². The Morgan fingerprint density at radius 2 is 1.83 bits per heavy atom. The highest BCUT2D eigenvalue weighted by Gasteiger charge is 2.16. The van der Waals surface area contributed by atoms with Crippen molar-refractivity contribution < 1.29 is 13.2 Å². The lowest BCUT2D eigenvalue weighted by atomic mass is 10.1. The van der Waals surface area contributed by atoms with Crippen LogP contribution in [-0.2, 0) is 10.0 Å². The van der Waals surface area contributed by atoms with Crippen molar-refractivity contribution in [1.29, 1.82) is 0 Å². The molecule has 0 aliphatic rings. The Balaban J connectivity index is 3.02. The molecule has 0 aliphatic carbocycles. The maximum absolute atomic E-state index is 11.7. The zero-order chi connectivity index (χ0) is 13.8. The minimum Gasteiger partial charge on any atom is -0.330 e. The number of Topliss-reactive ketones (excluding diaryl/α,β-unsaturated/α-hetero) is 1. The van der Waals surface area contributed by atoms with Gasteiger partial charge in [0, 0.05) is 12.1 Å². The SMILES string of the molecule is CC(=O)c1ccc(N(CCCN)S(C)(=O)=O)cc1. The molecule has 1 aromatic rings. The molecule has 0 saturated carbocycles. The molecule has 0 aliphatic heterocycles. The average molecular weight is 270 g/mol. The fourth-order valence-electron chi connectivity index (χ4n) is 1.58. The van der Waals surface area contributed by atoms with E-state index in [1.807, 2.05) is 0 Å². The van der Waals surface area contributed by atoms with Gasteiger partial charge in [0.25, 0.3) is 0 Å². The van der Waals surface area contributed by atoms with E-state index in [2.05, 4.69) is 0 Å². The second kappa shape index (κ2) is 5.97. The number of ketones is 1. The molecule has 0 aromatic heterocycles. The van der Waals surface area contributed by atoms with Gasteiger partial charge in [0.15, 0.2) is 5.78 Å². The van der Waals surface area contributed by atoms with Crippen molar-refractivity contribution in [3.05, 3.63) is 29.8 Å². The van der Waals surface area contributed by atoms with E-state index in [1.54, 1.807) is 24.3 Å². The molecule has 0 fully saturated rings. The van der Waals surface area contributed by atoms with Gasteiger partial charge in [0.2, 0.25) is 10.0 Å². The lowest BCUT2D eigenvalue weighted by Gasteiger charge is -2.22. The van der Waals surface area contributed by atoms with E-state index >= 15 is 0 Å². The summed E-state index contributed by atoms with van der Waals surface area (Å²) >= 11 is 0. The number of carbonyl (C=O) groups excluding carboxylic acids is 1. The van der Waals surface area contributed by atoms with Crippen molar-refractivity contribution in [3.8, 4) is 0 Å². The predicted octanol–water partition coefficient (Wildman–Crippen LogP) is 1.00.